The van der Waals surface area contributed by atoms with Crippen molar-refractivity contribution in [3.8, 4) is 0 Å². The Morgan fingerprint density at radius 2 is 2.06 bits per heavy atom. The Labute approximate surface area is 99.4 Å². The van der Waals surface area contributed by atoms with E-state index in [9.17, 15) is 4.79 Å². The summed E-state index contributed by atoms with van der Waals surface area (Å²) in [5, 5.41) is 0. The van der Waals surface area contributed by atoms with Crippen LogP contribution in [0, 0.1) is 5.41 Å². The summed E-state index contributed by atoms with van der Waals surface area (Å²) in [5.74, 6) is -0.139. The summed E-state index contributed by atoms with van der Waals surface area (Å²) < 4.78 is 5.04. The van der Waals surface area contributed by atoms with E-state index in [0.29, 0.717) is 13.0 Å². The highest BCUT2D eigenvalue weighted by atomic mass is 16.5. The molecule has 0 aromatic rings. The summed E-state index contributed by atoms with van der Waals surface area (Å²) in [7, 11) is 0. The zero-order valence-electron chi connectivity index (χ0n) is 10.8. The molecule has 0 unspecified atom stereocenters. The molecule has 92 valence electrons. The van der Waals surface area contributed by atoms with Gasteiger partial charge in [0.15, 0.2) is 0 Å². The average Bonchev–Trinajstić information content (AvgIpc) is 2.17. The van der Waals surface area contributed by atoms with Gasteiger partial charge in [-0.2, -0.15) is 0 Å². The first-order valence-electron chi connectivity index (χ1n) is 5.88. The maximum atomic E-state index is 11.7. The van der Waals surface area contributed by atoms with Crippen molar-refractivity contribution in [2.75, 3.05) is 6.61 Å². The van der Waals surface area contributed by atoms with Crippen molar-refractivity contribution in [1.82, 2.24) is 0 Å². The van der Waals surface area contributed by atoms with E-state index in [0.717, 1.165) is 24.8 Å². The van der Waals surface area contributed by atoms with E-state index in [1.54, 1.807) is 0 Å². The molecule has 0 saturated heterocycles. The van der Waals surface area contributed by atoms with E-state index < -0.39 is 5.41 Å². The summed E-state index contributed by atoms with van der Waals surface area (Å²) >= 11 is 0. The molecule has 0 saturated carbocycles. The van der Waals surface area contributed by atoms with E-state index in [4.69, 9.17) is 4.74 Å². The van der Waals surface area contributed by atoms with E-state index in [2.05, 4.69) is 13.2 Å². The normalized spacial score (nSPS) is 10.9. The molecule has 2 heteroatoms. The number of rotatable bonds is 8. The topological polar surface area (TPSA) is 26.3 Å². The third kappa shape index (κ3) is 5.74. The standard InChI is InChI=1S/C14H24O2/c1-6-8-9-10-12(3)11-14(4,5)13(15)16-7-2/h6H,1,3,7-11H2,2,4-5H3. The highest BCUT2D eigenvalue weighted by molar-refractivity contribution is 5.76. The molecule has 0 amide bonds. The molecular weight excluding hydrogens is 200 g/mol. The monoisotopic (exact) mass is 224 g/mol. The van der Waals surface area contributed by atoms with Crippen LogP contribution < -0.4 is 0 Å². The minimum atomic E-state index is -0.457. The lowest BCUT2D eigenvalue weighted by Crippen LogP contribution is -2.27. The molecule has 16 heavy (non-hydrogen) atoms. The molecule has 0 N–H and O–H groups in total. The summed E-state index contributed by atoms with van der Waals surface area (Å²) in [6.07, 6.45) is 5.61. The fourth-order valence-electron chi connectivity index (χ4n) is 1.61. The highest BCUT2D eigenvalue weighted by Gasteiger charge is 2.29. The number of esters is 1. The number of hydrogen-bond acceptors (Lipinski definition) is 2. The van der Waals surface area contributed by atoms with Crippen molar-refractivity contribution < 1.29 is 9.53 Å². The van der Waals surface area contributed by atoms with Gasteiger partial charge in [-0.05, 0) is 46.5 Å². The van der Waals surface area contributed by atoms with Gasteiger partial charge in [-0.3, -0.25) is 4.79 Å². The fourth-order valence-corrected chi connectivity index (χ4v) is 1.61. The second kappa shape index (κ2) is 7.26. The summed E-state index contributed by atoms with van der Waals surface area (Å²) in [4.78, 5) is 11.7. The van der Waals surface area contributed by atoms with E-state index in [1.807, 2.05) is 26.8 Å². The Balaban J connectivity index is 4.08. The third-order valence-corrected chi connectivity index (χ3v) is 2.46. The number of carbonyl (C=O) groups excluding carboxylic acids is 1. The first kappa shape index (κ1) is 14.9. The maximum Gasteiger partial charge on any atom is 0.311 e. The molecule has 0 bridgehead atoms. The van der Waals surface area contributed by atoms with Crippen molar-refractivity contribution in [2.24, 2.45) is 5.41 Å². The van der Waals surface area contributed by atoms with E-state index in [-0.39, 0.29) is 5.97 Å². The lowest BCUT2D eigenvalue weighted by atomic mass is 9.84. The van der Waals surface area contributed by atoms with Crippen LogP contribution in [0.2, 0.25) is 0 Å². The first-order valence-corrected chi connectivity index (χ1v) is 5.88. The van der Waals surface area contributed by atoms with Gasteiger partial charge in [-0.1, -0.05) is 18.2 Å². The van der Waals surface area contributed by atoms with Crippen LogP contribution in [0.3, 0.4) is 0 Å². The second-order valence-corrected chi connectivity index (χ2v) is 4.71. The van der Waals surface area contributed by atoms with E-state index >= 15 is 0 Å². The van der Waals surface area contributed by atoms with Crippen molar-refractivity contribution in [2.45, 2.75) is 46.5 Å². The van der Waals surface area contributed by atoms with Crippen molar-refractivity contribution in [3.63, 3.8) is 0 Å². The molecule has 0 aliphatic heterocycles. The van der Waals surface area contributed by atoms with Crippen LogP contribution in [-0.2, 0) is 9.53 Å². The smallest absolute Gasteiger partial charge is 0.311 e. The van der Waals surface area contributed by atoms with Gasteiger partial charge < -0.3 is 4.74 Å². The van der Waals surface area contributed by atoms with Gasteiger partial charge in [0.05, 0.1) is 12.0 Å². The molecule has 0 aromatic carbocycles. The molecule has 0 fully saturated rings. The molecule has 2 nitrogen and oxygen atoms in total. The van der Waals surface area contributed by atoms with Crippen LogP contribution in [0.1, 0.15) is 46.5 Å². The predicted octanol–water partition coefficient (Wildman–Crippen LogP) is 3.88. The van der Waals surface area contributed by atoms with Crippen LogP contribution in [0.4, 0.5) is 0 Å². The Bertz CT molecular complexity index is 251. The second-order valence-electron chi connectivity index (χ2n) is 4.71. The summed E-state index contributed by atoms with van der Waals surface area (Å²) in [5.41, 5.74) is 0.654. The number of allylic oxidation sites excluding steroid dienone is 2. The molecule has 0 aromatic heterocycles. The Kier molecular flexibility index (Phi) is 6.78. The summed E-state index contributed by atoms with van der Waals surface area (Å²) in [6, 6.07) is 0. The fraction of sp³-hybridized carbons (Fsp3) is 0.643. The molecule has 0 aliphatic rings. The first-order chi connectivity index (χ1) is 7.44. The lowest BCUT2D eigenvalue weighted by Gasteiger charge is -2.23. The van der Waals surface area contributed by atoms with Crippen LogP contribution in [0.15, 0.2) is 24.8 Å². The molecule has 0 heterocycles. The number of unbranched alkanes of at least 4 members (excludes halogenated alkanes) is 1. The van der Waals surface area contributed by atoms with Gasteiger partial charge in [0, 0.05) is 0 Å². The zero-order chi connectivity index (χ0) is 12.6. The van der Waals surface area contributed by atoms with Crippen molar-refractivity contribution >= 4 is 5.97 Å². The zero-order valence-corrected chi connectivity index (χ0v) is 10.8. The SMILES string of the molecule is C=CCCCC(=C)CC(C)(C)C(=O)OCC. The van der Waals surface area contributed by atoms with Crippen LogP contribution >= 0.6 is 0 Å². The average molecular weight is 224 g/mol. The molecule has 0 aliphatic carbocycles. The predicted molar refractivity (Wildman–Crippen MR) is 68.2 cm³/mol. The molecule has 0 spiro atoms. The Morgan fingerprint density at radius 3 is 2.56 bits per heavy atom. The highest BCUT2D eigenvalue weighted by Crippen LogP contribution is 2.28. The quantitative estimate of drug-likeness (QED) is 0.355. The largest absolute Gasteiger partial charge is 0.466 e. The third-order valence-electron chi connectivity index (χ3n) is 2.46. The van der Waals surface area contributed by atoms with Gasteiger partial charge in [0.2, 0.25) is 0 Å². The van der Waals surface area contributed by atoms with Crippen LogP contribution in [0.25, 0.3) is 0 Å². The number of hydrogen-bond donors (Lipinski definition) is 0. The van der Waals surface area contributed by atoms with Gasteiger partial charge in [-0.25, -0.2) is 0 Å². The lowest BCUT2D eigenvalue weighted by molar-refractivity contribution is -0.153. The maximum absolute atomic E-state index is 11.7. The number of carbonyl (C=O) groups is 1. The van der Waals surface area contributed by atoms with Crippen molar-refractivity contribution in [1.29, 1.82) is 0 Å². The molecule has 0 rings (SSSR count). The van der Waals surface area contributed by atoms with Crippen molar-refractivity contribution in [3.05, 3.63) is 24.8 Å². The van der Waals surface area contributed by atoms with Gasteiger partial charge in [-0.15, -0.1) is 6.58 Å². The minimum absolute atomic E-state index is 0.139. The van der Waals surface area contributed by atoms with Gasteiger partial charge in [0.1, 0.15) is 0 Å². The van der Waals surface area contributed by atoms with Crippen LogP contribution in [0.5, 0.6) is 0 Å². The molecular formula is C14H24O2. The number of ether oxygens (including phenoxy) is 1. The Morgan fingerprint density at radius 1 is 1.44 bits per heavy atom. The Hall–Kier alpha value is -1.05. The van der Waals surface area contributed by atoms with Gasteiger partial charge in [0.25, 0.3) is 0 Å². The van der Waals surface area contributed by atoms with Gasteiger partial charge >= 0.3 is 5.97 Å². The summed E-state index contributed by atoms with van der Waals surface area (Å²) in [6.45, 7) is 13.8. The molecule has 0 atom stereocenters. The minimum Gasteiger partial charge on any atom is -0.466 e. The molecule has 0 radical (unpaired) electrons. The van der Waals surface area contributed by atoms with E-state index in [1.165, 1.54) is 0 Å². The van der Waals surface area contributed by atoms with Crippen LogP contribution in [-0.4, -0.2) is 12.6 Å².